The van der Waals surface area contributed by atoms with Gasteiger partial charge in [0.1, 0.15) is 17.6 Å². The highest BCUT2D eigenvalue weighted by Crippen LogP contribution is 2.34. The minimum Gasteiger partial charge on any atom is -0.357 e. The molecule has 6 nitrogen and oxygen atoms in total. The maximum absolute atomic E-state index is 11.8. The highest BCUT2D eigenvalue weighted by atomic mass is 32.2. The summed E-state index contributed by atoms with van der Waals surface area (Å²) in [5.41, 5.74) is 0.723. The van der Waals surface area contributed by atoms with Crippen LogP contribution in [0.2, 0.25) is 0 Å². The number of hydrogen-bond donors (Lipinski definition) is 2. The summed E-state index contributed by atoms with van der Waals surface area (Å²) >= 11 is 1.95. The van der Waals surface area contributed by atoms with Gasteiger partial charge in [0.15, 0.2) is 11.6 Å². The standard InChI is InChI=1S/C12H17N5OS/c1-7-12(18)16-9-10(13-7)14-8(2)15-11(9)17-3-5-19-6-4-17/h7H,3-6H2,1-2H3,(H,16,18)(H,13,14,15). The zero-order valence-corrected chi connectivity index (χ0v) is 11.9. The lowest BCUT2D eigenvalue weighted by atomic mass is 10.2. The van der Waals surface area contributed by atoms with Gasteiger partial charge < -0.3 is 15.5 Å². The third-order valence-electron chi connectivity index (χ3n) is 3.31. The van der Waals surface area contributed by atoms with E-state index in [4.69, 9.17) is 0 Å². The molecule has 3 heterocycles. The van der Waals surface area contributed by atoms with Crippen molar-refractivity contribution in [2.45, 2.75) is 19.9 Å². The second-order valence-corrected chi connectivity index (χ2v) is 6.00. The highest BCUT2D eigenvalue weighted by Gasteiger charge is 2.28. The summed E-state index contributed by atoms with van der Waals surface area (Å²) in [5, 5.41) is 6.06. The van der Waals surface area contributed by atoms with E-state index in [1.54, 1.807) is 0 Å². The van der Waals surface area contributed by atoms with Gasteiger partial charge in [0, 0.05) is 24.6 Å². The fourth-order valence-electron chi connectivity index (χ4n) is 2.28. The normalized spacial score (nSPS) is 22.5. The van der Waals surface area contributed by atoms with E-state index in [0.29, 0.717) is 0 Å². The minimum atomic E-state index is -0.258. The van der Waals surface area contributed by atoms with Gasteiger partial charge in [-0.3, -0.25) is 4.79 Å². The number of carbonyl (C=O) groups excluding carboxylic acids is 1. The molecule has 19 heavy (non-hydrogen) atoms. The van der Waals surface area contributed by atoms with E-state index in [-0.39, 0.29) is 11.9 Å². The van der Waals surface area contributed by atoms with Crippen LogP contribution in [0.15, 0.2) is 0 Å². The number of aromatic nitrogens is 2. The Hall–Kier alpha value is -1.50. The van der Waals surface area contributed by atoms with E-state index >= 15 is 0 Å². The molecule has 0 bridgehead atoms. The van der Waals surface area contributed by atoms with Crippen LogP contribution in [-0.4, -0.2) is 46.5 Å². The zero-order chi connectivity index (χ0) is 13.4. The van der Waals surface area contributed by atoms with E-state index in [9.17, 15) is 4.79 Å². The monoisotopic (exact) mass is 279 g/mol. The van der Waals surface area contributed by atoms with Crippen LogP contribution in [0.1, 0.15) is 12.7 Å². The average molecular weight is 279 g/mol. The van der Waals surface area contributed by atoms with Crippen LogP contribution in [0.3, 0.4) is 0 Å². The summed E-state index contributed by atoms with van der Waals surface area (Å²) in [6.45, 7) is 5.62. The van der Waals surface area contributed by atoms with Gasteiger partial charge in [-0.2, -0.15) is 11.8 Å². The lowest BCUT2D eigenvalue weighted by molar-refractivity contribution is -0.116. The molecule has 2 aliphatic rings. The SMILES string of the molecule is Cc1nc2c(c(N3CCSCC3)n1)NC(=O)C(C)N2. The Bertz CT molecular complexity index is 515. The molecular formula is C12H17N5OS. The van der Waals surface area contributed by atoms with Gasteiger partial charge >= 0.3 is 0 Å². The largest absolute Gasteiger partial charge is 0.357 e. The van der Waals surface area contributed by atoms with Crippen molar-refractivity contribution in [2.75, 3.05) is 40.1 Å². The fraction of sp³-hybridized carbons (Fsp3) is 0.583. The molecule has 1 saturated heterocycles. The summed E-state index contributed by atoms with van der Waals surface area (Å²) in [5.74, 6) is 4.45. The molecule has 1 aromatic rings. The number of anilines is 3. The predicted octanol–water partition coefficient (Wildman–Crippen LogP) is 1.09. The number of rotatable bonds is 1. The van der Waals surface area contributed by atoms with Crippen molar-refractivity contribution < 1.29 is 4.79 Å². The molecule has 7 heteroatoms. The summed E-state index contributed by atoms with van der Waals surface area (Å²) in [6.07, 6.45) is 0. The molecule has 1 aromatic heterocycles. The molecule has 1 amide bonds. The molecule has 102 valence electrons. The Labute approximate surface area is 116 Å². The highest BCUT2D eigenvalue weighted by molar-refractivity contribution is 7.99. The van der Waals surface area contributed by atoms with Crippen LogP contribution < -0.4 is 15.5 Å². The van der Waals surface area contributed by atoms with Crippen molar-refractivity contribution in [3.8, 4) is 0 Å². The van der Waals surface area contributed by atoms with Crippen molar-refractivity contribution in [1.82, 2.24) is 9.97 Å². The van der Waals surface area contributed by atoms with E-state index < -0.39 is 0 Å². The van der Waals surface area contributed by atoms with Gasteiger partial charge in [-0.15, -0.1) is 0 Å². The first-order chi connectivity index (χ1) is 9.15. The first-order valence-electron chi connectivity index (χ1n) is 6.44. The van der Waals surface area contributed by atoms with Crippen LogP contribution in [0.5, 0.6) is 0 Å². The van der Waals surface area contributed by atoms with Crippen LogP contribution in [0.4, 0.5) is 17.3 Å². The third-order valence-corrected chi connectivity index (χ3v) is 4.25. The summed E-state index contributed by atoms with van der Waals surface area (Å²) in [4.78, 5) is 23.0. The number of hydrogen-bond acceptors (Lipinski definition) is 6. The van der Waals surface area contributed by atoms with Crippen molar-refractivity contribution in [2.24, 2.45) is 0 Å². The lowest BCUT2D eigenvalue weighted by Crippen LogP contribution is -2.40. The molecule has 3 rings (SSSR count). The first kappa shape index (κ1) is 12.5. The van der Waals surface area contributed by atoms with E-state index in [1.165, 1.54) is 0 Å². The van der Waals surface area contributed by atoms with Gasteiger partial charge in [-0.05, 0) is 13.8 Å². The maximum Gasteiger partial charge on any atom is 0.246 e. The first-order valence-corrected chi connectivity index (χ1v) is 7.59. The molecular weight excluding hydrogens is 262 g/mol. The summed E-state index contributed by atoms with van der Waals surface area (Å²) in [6, 6.07) is -0.258. The molecule has 1 atom stereocenters. The molecule has 0 spiro atoms. The van der Waals surface area contributed by atoms with Gasteiger partial charge in [0.2, 0.25) is 5.91 Å². The Balaban J connectivity index is 2.01. The van der Waals surface area contributed by atoms with Crippen LogP contribution in [-0.2, 0) is 4.79 Å². The number of amides is 1. The smallest absolute Gasteiger partial charge is 0.246 e. The van der Waals surface area contributed by atoms with Gasteiger partial charge in [0.05, 0.1) is 0 Å². The number of thioether (sulfide) groups is 1. The molecule has 1 unspecified atom stereocenters. The van der Waals surface area contributed by atoms with E-state index in [2.05, 4.69) is 25.5 Å². The number of fused-ring (bicyclic) bond motifs is 1. The number of carbonyl (C=O) groups is 1. The fourth-order valence-corrected chi connectivity index (χ4v) is 3.19. The van der Waals surface area contributed by atoms with Crippen molar-refractivity contribution in [3.63, 3.8) is 0 Å². The summed E-state index contributed by atoms with van der Waals surface area (Å²) < 4.78 is 0. The lowest BCUT2D eigenvalue weighted by Gasteiger charge is -2.32. The average Bonchev–Trinajstić information content (AvgIpc) is 2.41. The van der Waals surface area contributed by atoms with Crippen LogP contribution >= 0.6 is 11.8 Å². The third kappa shape index (κ3) is 2.34. The van der Waals surface area contributed by atoms with Crippen LogP contribution in [0.25, 0.3) is 0 Å². The molecule has 0 aromatic carbocycles. The minimum absolute atomic E-state index is 0.0346. The number of nitrogens with zero attached hydrogens (tertiary/aromatic N) is 3. The van der Waals surface area contributed by atoms with Crippen molar-refractivity contribution >= 4 is 35.0 Å². The van der Waals surface area contributed by atoms with Gasteiger partial charge in [-0.1, -0.05) is 0 Å². The molecule has 0 aliphatic carbocycles. The topological polar surface area (TPSA) is 70.2 Å². The van der Waals surface area contributed by atoms with E-state index in [1.807, 2.05) is 25.6 Å². The maximum atomic E-state index is 11.8. The molecule has 1 fully saturated rings. The van der Waals surface area contributed by atoms with E-state index in [0.717, 1.165) is 47.7 Å². The molecule has 2 aliphatic heterocycles. The molecule has 0 saturated carbocycles. The number of aryl methyl sites for hydroxylation is 1. The Morgan fingerprint density at radius 1 is 1.32 bits per heavy atom. The zero-order valence-electron chi connectivity index (χ0n) is 11.1. The van der Waals surface area contributed by atoms with Crippen LogP contribution in [0, 0.1) is 6.92 Å². The van der Waals surface area contributed by atoms with Gasteiger partial charge in [0.25, 0.3) is 0 Å². The molecule has 2 N–H and O–H groups in total. The molecule has 0 radical (unpaired) electrons. The predicted molar refractivity (Wildman–Crippen MR) is 78.0 cm³/mol. The Morgan fingerprint density at radius 2 is 2.05 bits per heavy atom. The van der Waals surface area contributed by atoms with Gasteiger partial charge in [-0.25, -0.2) is 9.97 Å². The number of nitrogens with one attached hydrogen (secondary N) is 2. The second kappa shape index (κ2) is 4.88. The quantitative estimate of drug-likeness (QED) is 0.802. The van der Waals surface area contributed by atoms with Crippen molar-refractivity contribution in [3.05, 3.63) is 5.82 Å². The van der Waals surface area contributed by atoms with Crippen molar-refractivity contribution in [1.29, 1.82) is 0 Å². The second-order valence-electron chi connectivity index (χ2n) is 4.77. The Morgan fingerprint density at radius 3 is 2.79 bits per heavy atom. The Kier molecular flexibility index (Phi) is 3.22. The summed E-state index contributed by atoms with van der Waals surface area (Å²) in [7, 11) is 0.